The average molecular weight is 398 g/mol. The predicted molar refractivity (Wildman–Crippen MR) is 83.0 cm³/mol. The van der Waals surface area contributed by atoms with Crippen LogP contribution in [0.15, 0.2) is 48.5 Å². The predicted octanol–water partition coefficient (Wildman–Crippen LogP) is 0.0974. The third kappa shape index (κ3) is 3.95. The van der Waals surface area contributed by atoms with E-state index in [4.69, 9.17) is 0 Å². The van der Waals surface area contributed by atoms with E-state index < -0.39 is 0 Å². The first-order valence-corrected chi connectivity index (χ1v) is 11.8. The van der Waals surface area contributed by atoms with Crippen LogP contribution >= 0.6 is 0 Å². The van der Waals surface area contributed by atoms with Crippen molar-refractivity contribution in [2.24, 2.45) is 0 Å². The van der Waals surface area contributed by atoms with E-state index in [0.29, 0.717) is 12.8 Å². The maximum absolute atomic E-state index is 10.6. The molecule has 0 aliphatic rings. The Labute approximate surface area is 128 Å². The van der Waals surface area contributed by atoms with Crippen LogP contribution in [0.2, 0.25) is 0 Å². The molecule has 4 nitrogen and oxygen atoms in total. The molecule has 0 aliphatic heterocycles. The molecule has 0 aromatic heterocycles. The average Bonchev–Trinajstić information content (AvgIpc) is 2.48. The van der Waals surface area contributed by atoms with Crippen molar-refractivity contribution in [3.63, 3.8) is 0 Å². The summed E-state index contributed by atoms with van der Waals surface area (Å²) in [5.41, 5.74) is 1.73. The monoisotopic (exact) mass is 400 g/mol. The van der Waals surface area contributed by atoms with E-state index in [1.807, 2.05) is 48.5 Å². The van der Waals surface area contributed by atoms with E-state index in [0.717, 1.165) is 20.3 Å². The molecule has 2 amide bonds. The number of nitrogens with one attached hydrogen (secondary N) is 2. The van der Waals surface area contributed by atoms with E-state index in [-0.39, 0.29) is 26.3 Å². The summed E-state index contributed by atoms with van der Waals surface area (Å²) in [6, 6.07) is 15.6. The summed E-state index contributed by atoms with van der Waals surface area (Å²) >= 11 is 0.473. The Kier molecular flexibility index (Phi) is 5.84. The van der Waals surface area contributed by atoms with Gasteiger partial charge in [-0.25, -0.2) is 0 Å². The fourth-order valence-electron chi connectivity index (χ4n) is 1.53. The molecular formula is C14H12N2O2Se2. The van der Waals surface area contributed by atoms with E-state index in [1.54, 1.807) is 0 Å². The van der Waals surface area contributed by atoms with Crippen LogP contribution in [0.3, 0.4) is 0 Å². The van der Waals surface area contributed by atoms with Crippen molar-refractivity contribution in [2.45, 2.75) is 0 Å². The van der Waals surface area contributed by atoms with Crippen molar-refractivity contribution in [3.05, 3.63) is 48.5 Å². The van der Waals surface area contributed by atoms with Gasteiger partial charge in [-0.05, 0) is 0 Å². The van der Waals surface area contributed by atoms with Crippen LogP contribution in [0.25, 0.3) is 0 Å². The molecule has 0 unspecified atom stereocenters. The SMILES string of the molecule is O=CNc1ccccc1[Se][Se]c1ccccc1NC=O. The van der Waals surface area contributed by atoms with Gasteiger partial charge in [0.1, 0.15) is 0 Å². The van der Waals surface area contributed by atoms with Crippen molar-refractivity contribution >= 4 is 59.4 Å². The molecular weight excluding hydrogens is 386 g/mol. The Morgan fingerprint density at radius 2 is 1.10 bits per heavy atom. The van der Waals surface area contributed by atoms with Gasteiger partial charge in [-0.3, -0.25) is 0 Å². The molecule has 2 rings (SSSR count). The summed E-state index contributed by atoms with van der Waals surface area (Å²) in [6.45, 7) is 0. The molecule has 0 radical (unpaired) electrons. The number of benzene rings is 2. The number of anilines is 2. The maximum atomic E-state index is 10.6. The van der Waals surface area contributed by atoms with Crippen LogP contribution in [0.5, 0.6) is 0 Å². The molecule has 2 aromatic rings. The fraction of sp³-hybridized carbons (Fsp3) is 0. The Morgan fingerprint density at radius 3 is 1.50 bits per heavy atom. The molecule has 0 bridgehead atoms. The molecule has 0 saturated heterocycles. The second-order valence-corrected chi connectivity index (χ2v) is 9.86. The molecule has 0 heterocycles. The van der Waals surface area contributed by atoms with Crippen molar-refractivity contribution in [1.29, 1.82) is 0 Å². The van der Waals surface area contributed by atoms with Crippen LogP contribution in [0.1, 0.15) is 0 Å². The first-order chi connectivity index (χ1) is 9.85. The number of carbonyl (C=O) groups is 2. The van der Waals surface area contributed by atoms with Gasteiger partial charge in [0.05, 0.1) is 0 Å². The van der Waals surface area contributed by atoms with Crippen molar-refractivity contribution < 1.29 is 9.59 Å². The van der Waals surface area contributed by atoms with E-state index in [2.05, 4.69) is 10.6 Å². The zero-order valence-corrected chi connectivity index (χ0v) is 13.8. The van der Waals surface area contributed by atoms with Crippen LogP contribution in [0.4, 0.5) is 11.4 Å². The molecule has 0 fully saturated rings. The minimum atomic E-state index is 0.236. The normalized spacial score (nSPS) is 9.80. The van der Waals surface area contributed by atoms with Gasteiger partial charge in [0.25, 0.3) is 0 Å². The molecule has 0 aliphatic carbocycles. The molecule has 20 heavy (non-hydrogen) atoms. The summed E-state index contributed by atoms with van der Waals surface area (Å²) in [5.74, 6) is 0. The second-order valence-electron chi connectivity index (χ2n) is 3.68. The minimum absolute atomic E-state index is 0.236. The number of carbonyl (C=O) groups excluding carboxylic acids is 2. The molecule has 0 saturated carbocycles. The first-order valence-electron chi connectivity index (χ1n) is 5.78. The first kappa shape index (κ1) is 14.8. The van der Waals surface area contributed by atoms with Gasteiger partial charge >= 0.3 is 128 Å². The molecule has 102 valence electrons. The number of hydrogen-bond donors (Lipinski definition) is 2. The summed E-state index contributed by atoms with van der Waals surface area (Å²) < 4.78 is 2.32. The third-order valence-corrected chi connectivity index (χ3v) is 9.67. The van der Waals surface area contributed by atoms with Crippen LogP contribution in [-0.4, -0.2) is 39.1 Å². The third-order valence-electron chi connectivity index (χ3n) is 2.42. The quantitative estimate of drug-likeness (QED) is 0.514. The summed E-state index contributed by atoms with van der Waals surface area (Å²) in [5, 5.41) is 5.45. The van der Waals surface area contributed by atoms with Gasteiger partial charge in [-0.15, -0.1) is 0 Å². The van der Waals surface area contributed by atoms with E-state index in [1.165, 1.54) is 0 Å². The van der Waals surface area contributed by atoms with Crippen molar-refractivity contribution in [2.75, 3.05) is 10.6 Å². The van der Waals surface area contributed by atoms with Crippen LogP contribution in [0, 0.1) is 0 Å². The second kappa shape index (κ2) is 7.88. The van der Waals surface area contributed by atoms with Gasteiger partial charge < -0.3 is 0 Å². The zero-order valence-electron chi connectivity index (χ0n) is 10.4. The molecule has 6 heteroatoms. The van der Waals surface area contributed by atoms with Crippen LogP contribution < -0.4 is 19.6 Å². The summed E-state index contributed by atoms with van der Waals surface area (Å²) in [7, 11) is 0. The fourth-order valence-corrected chi connectivity index (χ4v) is 8.51. The van der Waals surface area contributed by atoms with E-state index >= 15 is 0 Å². The Hall–Kier alpha value is -1.58. The number of para-hydroxylation sites is 2. The molecule has 0 spiro atoms. The Bertz CT molecular complexity index is 552. The van der Waals surface area contributed by atoms with Crippen molar-refractivity contribution in [1.82, 2.24) is 0 Å². The zero-order chi connectivity index (χ0) is 14.2. The molecule has 2 aromatic carbocycles. The summed E-state index contributed by atoms with van der Waals surface area (Å²) in [6.07, 6.45) is 1.40. The number of hydrogen-bond acceptors (Lipinski definition) is 2. The van der Waals surface area contributed by atoms with Gasteiger partial charge in [0.15, 0.2) is 0 Å². The van der Waals surface area contributed by atoms with Gasteiger partial charge in [-0.1, -0.05) is 0 Å². The van der Waals surface area contributed by atoms with Gasteiger partial charge in [-0.2, -0.15) is 0 Å². The van der Waals surface area contributed by atoms with Gasteiger partial charge in [0.2, 0.25) is 0 Å². The Morgan fingerprint density at radius 1 is 0.700 bits per heavy atom. The number of rotatable bonds is 7. The molecule has 2 N–H and O–H groups in total. The Balaban J connectivity index is 2.12. The van der Waals surface area contributed by atoms with Crippen molar-refractivity contribution in [3.8, 4) is 0 Å². The topological polar surface area (TPSA) is 58.2 Å². The van der Waals surface area contributed by atoms with Crippen LogP contribution in [-0.2, 0) is 9.59 Å². The number of amides is 2. The van der Waals surface area contributed by atoms with Gasteiger partial charge in [0, 0.05) is 0 Å². The summed E-state index contributed by atoms with van der Waals surface area (Å²) in [4.78, 5) is 21.2. The molecule has 0 atom stereocenters. The standard InChI is InChI=1S/C14H12N2O2Se2/c17-9-15-11-5-1-3-7-13(11)19-20-14-8-4-2-6-12(14)16-10-18/h1-10H,(H,15,17)(H,16,18). The van der Waals surface area contributed by atoms with E-state index in [9.17, 15) is 9.59 Å².